The maximum atomic E-state index is 12.4. The highest BCUT2D eigenvalue weighted by molar-refractivity contribution is 7.85. The van der Waals surface area contributed by atoms with Crippen LogP contribution in [0, 0.1) is 11.3 Å². The zero-order valence-electron chi connectivity index (χ0n) is 14.4. The van der Waals surface area contributed by atoms with Crippen LogP contribution in [-0.4, -0.2) is 27.9 Å². The smallest absolute Gasteiger partial charge is 0.340 e. The van der Waals surface area contributed by atoms with E-state index in [4.69, 9.17) is 10.00 Å². The number of hydrogen-bond donors (Lipinski definition) is 1. The molecule has 0 radical (unpaired) electrons. The van der Waals surface area contributed by atoms with Crippen molar-refractivity contribution in [1.29, 1.82) is 5.26 Å². The molecule has 134 valence electrons. The molecule has 0 aromatic heterocycles. The van der Waals surface area contributed by atoms with E-state index < -0.39 is 28.8 Å². The van der Waals surface area contributed by atoms with E-state index in [2.05, 4.69) is 5.32 Å². The predicted molar refractivity (Wildman–Crippen MR) is 98.1 cm³/mol. The van der Waals surface area contributed by atoms with Crippen LogP contribution in [-0.2, 0) is 20.3 Å². The summed E-state index contributed by atoms with van der Waals surface area (Å²) in [6, 6.07) is 14.9. The molecule has 0 bridgehead atoms. The molecular formula is C19H18N2O4S. The first-order valence-electron chi connectivity index (χ1n) is 7.96. The highest BCUT2D eigenvalue weighted by Gasteiger charge is 2.22. The molecule has 0 saturated carbocycles. The fourth-order valence-corrected chi connectivity index (χ4v) is 3.13. The Morgan fingerprint density at radius 1 is 1.19 bits per heavy atom. The molecule has 2 rings (SSSR count). The minimum atomic E-state index is -1.32. The molecule has 0 heterocycles. The third-order valence-electron chi connectivity index (χ3n) is 3.57. The van der Waals surface area contributed by atoms with E-state index >= 15 is 0 Å². The molecule has 0 fully saturated rings. The van der Waals surface area contributed by atoms with Crippen molar-refractivity contribution in [1.82, 2.24) is 0 Å². The summed E-state index contributed by atoms with van der Waals surface area (Å²) in [4.78, 5) is 25.0. The van der Waals surface area contributed by atoms with Gasteiger partial charge in [0.25, 0.3) is 5.91 Å². The summed E-state index contributed by atoms with van der Waals surface area (Å²) >= 11 is 0. The molecule has 0 aliphatic rings. The third-order valence-corrected chi connectivity index (χ3v) is 4.94. The van der Waals surface area contributed by atoms with Crippen LogP contribution in [0.1, 0.15) is 29.8 Å². The van der Waals surface area contributed by atoms with Crippen LogP contribution >= 0.6 is 0 Å². The Morgan fingerprint density at radius 2 is 1.85 bits per heavy atom. The number of rotatable bonds is 6. The summed E-state index contributed by atoms with van der Waals surface area (Å²) in [5, 5.41) is 11.6. The Morgan fingerprint density at radius 3 is 2.54 bits per heavy atom. The summed E-state index contributed by atoms with van der Waals surface area (Å²) in [6.07, 6.45) is -1.09. The van der Waals surface area contributed by atoms with Crippen LogP contribution in [0.2, 0.25) is 0 Å². The summed E-state index contributed by atoms with van der Waals surface area (Å²) in [5.74, 6) is -0.917. The Labute approximate surface area is 154 Å². The van der Waals surface area contributed by atoms with Crippen LogP contribution < -0.4 is 5.32 Å². The first-order valence-corrected chi connectivity index (χ1v) is 9.28. The second-order valence-corrected chi connectivity index (χ2v) is 7.03. The second-order valence-electron chi connectivity index (χ2n) is 5.32. The number of nitrogens with zero attached hydrogens (tertiary/aromatic N) is 1. The monoisotopic (exact) mass is 370 g/mol. The number of hydrogen-bond acceptors (Lipinski definition) is 5. The van der Waals surface area contributed by atoms with Gasteiger partial charge in [0.2, 0.25) is 0 Å². The lowest BCUT2D eigenvalue weighted by Crippen LogP contribution is -2.30. The maximum Gasteiger partial charge on any atom is 0.340 e. The Kier molecular flexibility index (Phi) is 6.64. The van der Waals surface area contributed by atoms with Gasteiger partial charge in [-0.3, -0.25) is 9.00 Å². The average molecular weight is 370 g/mol. The predicted octanol–water partition coefficient (Wildman–Crippen LogP) is 2.87. The molecule has 2 aromatic carbocycles. The van der Waals surface area contributed by atoms with E-state index in [-0.39, 0.29) is 5.56 Å². The van der Waals surface area contributed by atoms with Gasteiger partial charge in [0.05, 0.1) is 32.5 Å². The number of esters is 1. The largest absolute Gasteiger partial charge is 0.449 e. The van der Waals surface area contributed by atoms with Gasteiger partial charge in [-0.05, 0) is 31.2 Å². The number of para-hydroxylation sites is 1. The minimum absolute atomic E-state index is 0.171. The Balaban J connectivity index is 2.11. The Hall–Kier alpha value is -2.98. The molecule has 0 saturated heterocycles. The van der Waals surface area contributed by atoms with E-state index in [1.807, 2.05) is 6.07 Å². The van der Waals surface area contributed by atoms with Gasteiger partial charge in [-0.25, -0.2) is 4.79 Å². The van der Waals surface area contributed by atoms with Gasteiger partial charge in [0.1, 0.15) is 6.07 Å². The van der Waals surface area contributed by atoms with Gasteiger partial charge in [-0.15, -0.1) is 0 Å². The van der Waals surface area contributed by atoms with E-state index in [1.165, 1.54) is 13.0 Å². The topological polar surface area (TPSA) is 96.3 Å². The van der Waals surface area contributed by atoms with Crippen LogP contribution in [0.15, 0.2) is 53.4 Å². The average Bonchev–Trinajstić information content (AvgIpc) is 2.67. The van der Waals surface area contributed by atoms with Crippen molar-refractivity contribution >= 4 is 28.4 Å². The first kappa shape index (κ1) is 19.3. The molecule has 1 N–H and O–H groups in total. The Bertz CT molecular complexity index is 889. The van der Waals surface area contributed by atoms with Crippen LogP contribution in [0.4, 0.5) is 5.69 Å². The zero-order valence-corrected chi connectivity index (χ0v) is 15.2. The molecule has 0 spiro atoms. The summed E-state index contributed by atoms with van der Waals surface area (Å²) in [6.45, 7) is 3.18. The number of carbonyl (C=O) groups is 2. The van der Waals surface area contributed by atoms with E-state index in [9.17, 15) is 13.8 Å². The maximum absolute atomic E-state index is 12.4. The van der Waals surface area contributed by atoms with Crippen molar-refractivity contribution in [3.63, 3.8) is 0 Å². The standard InChI is InChI=1S/C19H18N2O4S/c1-3-26(24)17-11-7-5-9-15(17)19(23)25-13(2)18(22)21-16-10-6-4-8-14(16)12-20/h4-11,13H,3H2,1-2H3,(H,21,22)/t13-,26+/m1/s1. The fourth-order valence-electron chi connectivity index (χ4n) is 2.19. The fraction of sp³-hybridized carbons (Fsp3) is 0.211. The lowest BCUT2D eigenvalue weighted by molar-refractivity contribution is -0.123. The highest BCUT2D eigenvalue weighted by Crippen LogP contribution is 2.17. The number of benzene rings is 2. The molecule has 1 amide bonds. The van der Waals surface area contributed by atoms with Gasteiger partial charge in [0, 0.05) is 5.75 Å². The molecular weight excluding hydrogens is 352 g/mol. The van der Waals surface area contributed by atoms with Crippen molar-refractivity contribution in [2.45, 2.75) is 24.8 Å². The number of ether oxygens (including phenoxy) is 1. The first-order chi connectivity index (χ1) is 12.5. The lowest BCUT2D eigenvalue weighted by atomic mass is 10.2. The number of nitrogens with one attached hydrogen (secondary N) is 1. The number of amides is 1. The number of nitriles is 1. The molecule has 0 aliphatic heterocycles. The van der Waals surface area contributed by atoms with Crippen molar-refractivity contribution in [3.8, 4) is 6.07 Å². The number of anilines is 1. The van der Waals surface area contributed by atoms with Gasteiger partial charge in [-0.2, -0.15) is 5.26 Å². The minimum Gasteiger partial charge on any atom is -0.449 e. The quantitative estimate of drug-likeness (QED) is 0.789. The van der Waals surface area contributed by atoms with Crippen molar-refractivity contribution in [2.75, 3.05) is 11.1 Å². The molecule has 26 heavy (non-hydrogen) atoms. The molecule has 7 heteroatoms. The van der Waals surface area contributed by atoms with Crippen molar-refractivity contribution < 1.29 is 18.5 Å². The van der Waals surface area contributed by atoms with Gasteiger partial charge >= 0.3 is 5.97 Å². The molecule has 0 aliphatic carbocycles. The summed E-state index contributed by atoms with van der Waals surface area (Å²) in [7, 11) is -1.32. The summed E-state index contributed by atoms with van der Waals surface area (Å²) in [5.41, 5.74) is 0.822. The second kappa shape index (κ2) is 8.92. The van der Waals surface area contributed by atoms with Crippen molar-refractivity contribution in [2.24, 2.45) is 0 Å². The molecule has 6 nitrogen and oxygen atoms in total. The third kappa shape index (κ3) is 4.55. The SMILES string of the molecule is CC[S@](=O)c1ccccc1C(=O)O[C@H](C)C(=O)Nc1ccccc1C#N. The molecule has 2 atom stereocenters. The van der Waals surface area contributed by atoms with Gasteiger partial charge in [-0.1, -0.05) is 31.2 Å². The van der Waals surface area contributed by atoms with E-state index in [0.29, 0.717) is 21.9 Å². The summed E-state index contributed by atoms with van der Waals surface area (Å²) < 4.78 is 17.3. The highest BCUT2D eigenvalue weighted by atomic mass is 32.2. The van der Waals surface area contributed by atoms with Crippen LogP contribution in [0.25, 0.3) is 0 Å². The normalized spacial score (nSPS) is 12.5. The van der Waals surface area contributed by atoms with E-state index in [1.54, 1.807) is 49.4 Å². The molecule has 0 unspecified atom stereocenters. The zero-order chi connectivity index (χ0) is 19.1. The van der Waals surface area contributed by atoms with E-state index in [0.717, 1.165) is 0 Å². The number of carbonyl (C=O) groups excluding carboxylic acids is 2. The molecule has 2 aromatic rings. The van der Waals surface area contributed by atoms with Gasteiger partial charge in [0.15, 0.2) is 6.10 Å². The van der Waals surface area contributed by atoms with Crippen LogP contribution in [0.3, 0.4) is 0 Å². The lowest BCUT2D eigenvalue weighted by Gasteiger charge is -2.15. The van der Waals surface area contributed by atoms with Crippen LogP contribution in [0.5, 0.6) is 0 Å². The van der Waals surface area contributed by atoms with Gasteiger partial charge < -0.3 is 10.1 Å². The van der Waals surface area contributed by atoms with Crippen molar-refractivity contribution in [3.05, 3.63) is 59.7 Å².